The van der Waals surface area contributed by atoms with Gasteiger partial charge in [-0.05, 0) is 25.5 Å². The van der Waals surface area contributed by atoms with Crippen LogP contribution in [0.4, 0.5) is 0 Å². The molecule has 1 spiro atoms. The summed E-state index contributed by atoms with van der Waals surface area (Å²) >= 11 is 0. The third-order valence-corrected chi connectivity index (χ3v) is 7.05. The molecule has 6 unspecified atom stereocenters. The Labute approximate surface area is 142 Å². The lowest BCUT2D eigenvalue weighted by molar-refractivity contribution is -0.260. The molecule has 2 aliphatic carbocycles. The second-order valence-corrected chi connectivity index (χ2v) is 7.96. The van der Waals surface area contributed by atoms with Gasteiger partial charge in [-0.25, -0.2) is 4.79 Å². The Morgan fingerprint density at radius 1 is 1.42 bits per heavy atom. The summed E-state index contributed by atoms with van der Waals surface area (Å²) in [6.45, 7) is 8.35. The quantitative estimate of drug-likeness (QED) is 0.574. The van der Waals surface area contributed by atoms with Crippen LogP contribution in [0.1, 0.15) is 40.5 Å². The van der Waals surface area contributed by atoms with E-state index in [0.29, 0.717) is 19.4 Å². The Morgan fingerprint density at radius 2 is 2.17 bits per heavy atom. The lowest BCUT2D eigenvalue weighted by Crippen LogP contribution is -2.64. The minimum absolute atomic E-state index is 0.0721. The summed E-state index contributed by atoms with van der Waals surface area (Å²) in [7, 11) is 0. The zero-order chi connectivity index (χ0) is 17.3. The number of rotatable bonds is 2. The first-order valence-electron chi connectivity index (χ1n) is 8.63. The molecule has 0 amide bonds. The van der Waals surface area contributed by atoms with Crippen molar-refractivity contribution in [1.29, 1.82) is 0 Å². The predicted octanol–water partition coefficient (Wildman–Crippen LogP) is 2.35. The van der Waals surface area contributed by atoms with Crippen LogP contribution in [0.25, 0.3) is 0 Å². The van der Waals surface area contributed by atoms with Crippen LogP contribution >= 0.6 is 0 Å². The molecule has 1 saturated carbocycles. The molecule has 0 aromatic rings. The largest absolute Gasteiger partial charge is 0.458 e. The van der Waals surface area contributed by atoms with E-state index in [0.717, 1.165) is 5.57 Å². The number of carbonyl (C=O) groups excluding carboxylic acids is 2. The maximum Gasteiger partial charge on any atom is 0.330 e. The molecule has 0 N–H and O–H groups in total. The van der Waals surface area contributed by atoms with Gasteiger partial charge in [0, 0.05) is 29.7 Å². The summed E-state index contributed by atoms with van der Waals surface area (Å²) in [5, 5.41) is 0. The van der Waals surface area contributed by atoms with Gasteiger partial charge in [0.1, 0.15) is 11.7 Å². The van der Waals surface area contributed by atoms with E-state index >= 15 is 0 Å². The highest BCUT2D eigenvalue weighted by Crippen LogP contribution is 2.71. The van der Waals surface area contributed by atoms with Gasteiger partial charge < -0.3 is 14.2 Å². The number of esters is 1. The third kappa shape index (κ3) is 1.62. The Bertz CT molecular complexity index is 679. The van der Waals surface area contributed by atoms with Crippen molar-refractivity contribution in [2.75, 3.05) is 6.61 Å². The fourth-order valence-corrected chi connectivity index (χ4v) is 5.31. The zero-order valence-corrected chi connectivity index (χ0v) is 14.6. The van der Waals surface area contributed by atoms with Crippen LogP contribution in [0.3, 0.4) is 0 Å². The van der Waals surface area contributed by atoms with Crippen LogP contribution in [0.15, 0.2) is 23.8 Å². The molecule has 130 valence electrons. The van der Waals surface area contributed by atoms with Gasteiger partial charge in [-0.1, -0.05) is 19.9 Å². The molecule has 6 atom stereocenters. The van der Waals surface area contributed by atoms with Crippen LogP contribution in [0, 0.1) is 10.8 Å². The normalized spacial score (nSPS) is 49.2. The van der Waals surface area contributed by atoms with Crippen LogP contribution in [0.5, 0.6) is 0 Å². The minimum atomic E-state index is -0.464. The Balaban J connectivity index is 1.77. The number of hydrogen-bond donors (Lipinski definition) is 0. The average molecular weight is 332 g/mol. The van der Waals surface area contributed by atoms with Crippen LogP contribution in [-0.2, 0) is 23.8 Å². The van der Waals surface area contributed by atoms with Crippen molar-refractivity contribution in [3.05, 3.63) is 23.8 Å². The van der Waals surface area contributed by atoms with E-state index in [2.05, 4.69) is 13.8 Å². The van der Waals surface area contributed by atoms with Gasteiger partial charge in [0.15, 0.2) is 5.78 Å². The van der Waals surface area contributed by atoms with Crippen LogP contribution < -0.4 is 0 Å². The number of hydrogen-bond acceptors (Lipinski definition) is 5. The molecule has 4 rings (SSSR count). The molecular weight excluding hydrogens is 308 g/mol. The molecule has 0 aromatic heterocycles. The number of allylic oxidation sites excluding steroid dienone is 2. The molecule has 2 aliphatic heterocycles. The molecule has 0 bridgehead atoms. The highest BCUT2D eigenvalue weighted by Gasteiger charge is 2.82. The number of ketones is 1. The van der Waals surface area contributed by atoms with Gasteiger partial charge >= 0.3 is 5.97 Å². The van der Waals surface area contributed by atoms with Crippen molar-refractivity contribution in [1.82, 2.24) is 0 Å². The smallest absolute Gasteiger partial charge is 0.330 e. The summed E-state index contributed by atoms with van der Waals surface area (Å²) in [4.78, 5) is 24.5. The highest BCUT2D eigenvalue weighted by atomic mass is 16.6. The van der Waals surface area contributed by atoms with Crippen molar-refractivity contribution in [2.24, 2.45) is 10.8 Å². The monoisotopic (exact) mass is 332 g/mol. The molecule has 2 saturated heterocycles. The van der Waals surface area contributed by atoms with E-state index in [1.54, 1.807) is 13.0 Å². The molecule has 24 heavy (non-hydrogen) atoms. The summed E-state index contributed by atoms with van der Waals surface area (Å²) in [6, 6.07) is 0. The summed E-state index contributed by atoms with van der Waals surface area (Å²) < 4.78 is 18.1. The average Bonchev–Trinajstić information content (AvgIpc) is 2.79. The first kappa shape index (κ1) is 16.0. The SMILES string of the molecule is CC=CC(=O)OC1CC2OCC23OC2C=C(C)C(=O)CC2(C)C13C. The fraction of sp³-hybridized carbons (Fsp3) is 0.684. The van der Waals surface area contributed by atoms with E-state index < -0.39 is 16.4 Å². The minimum Gasteiger partial charge on any atom is -0.458 e. The Hall–Kier alpha value is -1.46. The Kier molecular flexibility index (Phi) is 3.20. The summed E-state index contributed by atoms with van der Waals surface area (Å²) in [5.74, 6) is -0.195. The molecule has 0 radical (unpaired) electrons. The lowest BCUT2D eigenvalue weighted by atomic mass is 9.54. The van der Waals surface area contributed by atoms with Gasteiger partial charge in [0.2, 0.25) is 0 Å². The van der Waals surface area contributed by atoms with Crippen molar-refractivity contribution in [2.45, 2.75) is 64.4 Å². The van der Waals surface area contributed by atoms with Gasteiger partial charge in [-0.2, -0.15) is 0 Å². The fourth-order valence-electron chi connectivity index (χ4n) is 5.31. The van der Waals surface area contributed by atoms with E-state index in [-0.39, 0.29) is 30.1 Å². The van der Waals surface area contributed by atoms with Crippen molar-refractivity contribution < 1.29 is 23.8 Å². The van der Waals surface area contributed by atoms with E-state index in [1.807, 2.05) is 13.0 Å². The maximum absolute atomic E-state index is 12.4. The van der Waals surface area contributed by atoms with Gasteiger partial charge in [0.05, 0.1) is 18.8 Å². The zero-order valence-electron chi connectivity index (χ0n) is 14.6. The van der Waals surface area contributed by atoms with Crippen LogP contribution in [-0.4, -0.2) is 42.3 Å². The van der Waals surface area contributed by atoms with Crippen LogP contribution in [0.2, 0.25) is 0 Å². The molecule has 0 aromatic carbocycles. The van der Waals surface area contributed by atoms with Crippen molar-refractivity contribution in [3.8, 4) is 0 Å². The van der Waals surface area contributed by atoms with Crippen molar-refractivity contribution >= 4 is 11.8 Å². The molecule has 5 nitrogen and oxygen atoms in total. The first-order chi connectivity index (χ1) is 11.3. The second kappa shape index (κ2) is 4.79. The molecule has 3 fully saturated rings. The van der Waals surface area contributed by atoms with E-state index in [4.69, 9.17) is 14.2 Å². The van der Waals surface area contributed by atoms with Crippen molar-refractivity contribution in [3.63, 3.8) is 0 Å². The highest BCUT2D eigenvalue weighted by molar-refractivity contribution is 5.96. The topological polar surface area (TPSA) is 61.8 Å². The maximum atomic E-state index is 12.4. The number of carbonyl (C=O) groups is 2. The molecule has 5 heteroatoms. The van der Waals surface area contributed by atoms with E-state index in [1.165, 1.54) is 6.08 Å². The summed E-state index contributed by atoms with van der Waals surface area (Å²) in [5.41, 5.74) is -0.549. The van der Waals surface area contributed by atoms with Gasteiger partial charge in [-0.3, -0.25) is 4.79 Å². The summed E-state index contributed by atoms with van der Waals surface area (Å²) in [6.07, 6.45) is 5.57. The number of fused-ring (bicyclic) bond motifs is 2. The third-order valence-electron chi connectivity index (χ3n) is 7.05. The lowest BCUT2D eigenvalue weighted by Gasteiger charge is -2.52. The van der Waals surface area contributed by atoms with Gasteiger partial charge in [0.25, 0.3) is 0 Å². The molecular formula is C19H24O5. The standard InChI is InChI=1S/C19H24O5/c1-5-6-16(21)23-14-8-15-19(10-22-15)18(14,4)17(3)9-12(20)11(2)7-13(17)24-19/h5-7,13-15H,8-10H2,1-4H3. The number of Topliss-reactive ketones (excluding diaryl/α,β-unsaturated/α-hetero) is 1. The second-order valence-electron chi connectivity index (χ2n) is 7.96. The molecule has 2 heterocycles. The molecule has 4 aliphatic rings. The number of ether oxygens (including phenoxy) is 3. The Morgan fingerprint density at radius 3 is 2.79 bits per heavy atom. The van der Waals surface area contributed by atoms with E-state index in [9.17, 15) is 9.59 Å². The van der Waals surface area contributed by atoms with Gasteiger partial charge in [-0.15, -0.1) is 0 Å². The first-order valence-corrected chi connectivity index (χ1v) is 8.63. The predicted molar refractivity (Wildman–Crippen MR) is 86.3 cm³/mol.